The molecule has 2 aromatic heterocycles. The number of benzene rings is 1. The number of nitrogens with one attached hydrogen (secondary N) is 1. The number of ether oxygens (including phenoxy) is 3. The average Bonchev–Trinajstić information content (AvgIpc) is 2.87. The normalized spacial score (nSPS) is 22.3. The lowest BCUT2D eigenvalue weighted by Gasteiger charge is -2.36. The molecule has 33 heavy (non-hydrogen) atoms. The molecule has 0 amide bonds. The van der Waals surface area contributed by atoms with E-state index in [1.807, 2.05) is 30.5 Å². The molecule has 0 spiro atoms. The average molecular weight is 450 g/mol. The number of hydrogen-bond acceptors (Lipinski definition) is 7. The van der Waals surface area contributed by atoms with E-state index in [1.54, 1.807) is 7.11 Å². The molecular formula is C26H31N3O4. The second-order valence-electron chi connectivity index (χ2n) is 9.05. The van der Waals surface area contributed by atoms with Gasteiger partial charge in [0.25, 0.3) is 0 Å². The summed E-state index contributed by atoms with van der Waals surface area (Å²) in [6.07, 6.45) is 6.82. The molecule has 1 fully saturated rings. The maximum absolute atomic E-state index is 11.2. The Balaban J connectivity index is 1.14. The molecule has 1 aliphatic carbocycles. The van der Waals surface area contributed by atoms with Gasteiger partial charge in [0.05, 0.1) is 23.7 Å². The Morgan fingerprint density at radius 3 is 2.73 bits per heavy atom. The monoisotopic (exact) mass is 449 g/mol. The first-order chi connectivity index (χ1) is 16.1. The fraction of sp³-hybridized carbons (Fsp3) is 0.462. The predicted molar refractivity (Wildman–Crippen MR) is 126 cm³/mol. The molecule has 3 heterocycles. The minimum Gasteiger partial charge on any atom is -0.486 e. The van der Waals surface area contributed by atoms with Gasteiger partial charge in [-0.05, 0) is 73.9 Å². The Labute approximate surface area is 194 Å². The fourth-order valence-electron chi connectivity index (χ4n) is 4.81. The maximum Gasteiger partial charge on any atom is 0.213 e. The van der Waals surface area contributed by atoms with Crippen molar-refractivity contribution in [2.24, 2.45) is 0 Å². The van der Waals surface area contributed by atoms with Crippen molar-refractivity contribution in [1.29, 1.82) is 0 Å². The Morgan fingerprint density at radius 1 is 1.09 bits per heavy atom. The van der Waals surface area contributed by atoms with Crippen LogP contribution < -0.4 is 19.5 Å². The van der Waals surface area contributed by atoms with Gasteiger partial charge in [0.1, 0.15) is 13.2 Å². The van der Waals surface area contributed by atoms with E-state index in [4.69, 9.17) is 14.2 Å². The van der Waals surface area contributed by atoms with Crippen molar-refractivity contribution in [3.8, 4) is 17.4 Å². The first-order valence-corrected chi connectivity index (χ1v) is 11.7. The van der Waals surface area contributed by atoms with Crippen molar-refractivity contribution in [2.75, 3.05) is 20.3 Å². The van der Waals surface area contributed by atoms with Crippen LogP contribution in [-0.2, 0) is 13.0 Å². The summed E-state index contributed by atoms with van der Waals surface area (Å²) in [5.41, 5.74) is 3.37. The summed E-state index contributed by atoms with van der Waals surface area (Å²) in [5, 5.41) is 14.9. The second-order valence-corrected chi connectivity index (χ2v) is 9.05. The number of aliphatic hydroxyl groups is 1. The number of nitrogens with zero attached hydrogens (tertiary/aromatic N) is 2. The molecule has 1 aromatic carbocycles. The van der Waals surface area contributed by atoms with Crippen LogP contribution in [0.5, 0.6) is 17.4 Å². The van der Waals surface area contributed by atoms with Crippen LogP contribution in [0.25, 0.3) is 11.0 Å². The molecule has 1 aliphatic heterocycles. The van der Waals surface area contributed by atoms with E-state index >= 15 is 0 Å². The summed E-state index contributed by atoms with van der Waals surface area (Å²) in [7, 11) is 1.62. The van der Waals surface area contributed by atoms with Crippen LogP contribution in [0.15, 0.2) is 42.6 Å². The Kier molecular flexibility index (Phi) is 6.33. The van der Waals surface area contributed by atoms with Crippen LogP contribution in [0.1, 0.15) is 43.2 Å². The summed E-state index contributed by atoms with van der Waals surface area (Å²) in [6.45, 7) is 2.00. The van der Waals surface area contributed by atoms with E-state index in [2.05, 4.69) is 27.4 Å². The van der Waals surface area contributed by atoms with Crippen LogP contribution >= 0.6 is 0 Å². The van der Waals surface area contributed by atoms with Gasteiger partial charge in [-0.25, -0.2) is 4.98 Å². The number of methoxy groups -OCH3 is 1. The molecule has 0 unspecified atom stereocenters. The number of aromatic nitrogens is 2. The molecule has 174 valence electrons. The summed E-state index contributed by atoms with van der Waals surface area (Å²) in [4.78, 5) is 8.98. The summed E-state index contributed by atoms with van der Waals surface area (Å²) in [6, 6.07) is 12.3. The Morgan fingerprint density at radius 2 is 1.91 bits per heavy atom. The zero-order valence-corrected chi connectivity index (χ0v) is 19.0. The largest absolute Gasteiger partial charge is 0.486 e. The van der Waals surface area contributed by atoms with Crippen molar-refractivity contribution >= 4 is 11.0 Å². The van der Waals surface area contributed by atoms with Crippen molar-refractivity contribution in [2.45, 2.75) is 56.7 Å². The SMILES string of the molecule is COc1ccc2nccc(CCC3(O)CCC(NCc4ccc5c(c4)OCCO5)CC3)c2n1. The molecule has 0 bridgehead atoms. The first-order valence-electron chi connectivity index (χ1n) is 11.7. The van der Waals surface area contributed by atoms with Crippen LogP contribution in [0.2, 0.25) is 0 Å². The van der Waals surface area contributed by atoms with E-state index < -0.39 is 5.60 Å². The van der Waals surface area contributed by atoms with Gasteiger partial charge < -0.3 is 24.6 Å². The predicted octanol–water partition coefficient (Wildman–Crippen LogP) is 3.81. The molecule has 7 nitrogen and oxygen atoms in total. The smallest absolute Gasteiger partial charge is 0.213 e. The van der Waals surface area contributed by atoms with E-state index in [9.17, 15) is 5.11 Å². The van der Waals surface area contributed by atoms with Gasteiger partial charge in [-0.15, -0.1) is 0 Å². The highest BCUT2D eigenvalue weighted by Crippen LogP contribution is 2.34. The third kappa shape index (κ3) is 5.04. The molecule has 0 radical (unpaired) electrons. The van der Waals surface area contributed by atoms with Gasteiger partial charge >= 0.3 is 0 Å². The Hall–Kier alpha value is -2.90. The molecule has 2 N–H and O–H groups in total. The van der Waals surface area contributed by atoms with E-state index in [1.165, 1.54) is 5.56 Å². The molecule has 3 aromatic rings. The number of pyridine rings is 2. The fourth-order valence-corrected chi connectivity index (χ4v) is 4.81. The molecule has 1 saturated carbocycles. The third-order valence-corrected chi connectivity index (χ3v) is 6.83. The van der Waals surface area contributed by atoms with Crippen LogP contribution in [0, 0.1) is 0 Å². The van der Waals surface area contributed by atoms with Crippen LogP contribution in [-0.4, -0.2) is 47.0 Å². The van der Waals surface area contributed by atoms with Gasteiger partial charge in [0.15, 0.2) is 11.5 Å². The highest BCUT2D eigenvalue weighted by Gasteiger charge is 2.33. The van der Waals surface area contributed by atoms with Gasteiger partial charge in [0.2, 0.25) is 5.88 Å². The number of rotatable bonds is 7. The zero-order chi connectivity index (χ0) is 22.7. The van der Waals surface area contributed by atoms with Gasteiger partial charge in [-0.3, -0.25) is 4.98 Å². The summed E-state index contributed by atoms with van der Waals surface area (Å²) in [5.74, 6) is 2.23. The van der Waals surface area contributed by atoms with E-state index in [0.717, 1.165) is 73.2 Å². The van der Waals surface area contributed by atoms with Gasteiger partial charge in [0, 0.05) is 24.8 Å². The summed E-state index contributed by atoms with van der Waals surface area (Å²) >= 11 is 0. The van der Waals surface area contributed by atoms with Crippen molar-refractivity contribution in [1.82, 2.24) is 15.3 Å². The lowest BCUT2D eigenvalue weighted by molar-refractivity contribution is -0.0108. The number of fused-ring (bicyclic) bond motifs is 2. The van der Waals surface area contributed by atoms with Crippen LogP contribution in [0.4, 0.5) is 0 Å². The summed E-state index contributed by atoms with van der Waals surface area (Å²) < 4.78 is 16.6. The van der Waals surface area contributed by atoms with Gasteiger partial charge in [-0.1, -0.05) is 6.07 Å². The molecular weight excluding hydrogens is 418 g/mol. The topological polar surface area (TPSA) is 85.7 Å². The first kappa shape index (κ1) is 21.9. The standard InChI is InChI=1S/C26H31N3O4/c1-31-24-5-3-21-25(29-24)19(9-13-27-21)6-10-26(30)11-7-20(8-12-26)28-17-18-2-4-22-23(16-18)33-15-14-32-22/h2-5,9,13,16,20,28,30H,6-8,10-12,14-15,17H2,1H3. The molecule has 2 aliphatic rings. The molecule has 0 atom stereocenters. The van der Waals surface area contributed by atoms with Crippen molar-refractivity contribution < 1.29 is 19.3 Å². The third-order valence-electron chi connectivity index (χ3n) is 6.83. The maximum atomic E-state index is 11.2. The Bertz CT molecular complexity index is 1110. The second kappa shape index (κ2) is 9.53. The lowest BCUT2D eigenvalue weighted by Crippen LogP contribution is -2.41. The molecule has 5 rings (SSSR count). The minimum absolute atomic E-state index is 0.408. The van der Waals surface area contributed by atoms with E-state index in [0.29, 0.717) is 25.1 Å². The minimum atomic E-state index is -0.635. The quantitative estimate of drug-likeness (QED) is 0.567. The highest BCUT2D eigenvalue weighted by atomic mass is 16.6. The molecule has 0 saturated heterocycles. The number of aryl methyl sites for hydroxylation is 1. The van der Waals surface area contributed by atoms with E-state index in [-0.39, 0.29) is 0 Å². The van der Waals surface area contributed by atoms with Crippen molar-refractivity contribution in [3.05, 3.63) is 53.7 Å². The molecule has 7 heteroatoms. The highest BCUT2D eigenvalue weighted by molar-refractivity contribution is 5.78. The number of hydrogen-bond donors (Lipinski definition) is 2. The van der Waals surface area contributed by atoms with Crippen molar-refractivity contribution in [3.63, 3.8) is 0 Å². The lowest BCUT2D eigenvalue weighted by atomic mass is 9.78. The van der Waals surface area contributed by atoms with Gasteiger partial charge in [-0.2, -0.15) is 0 Å². The zero-order valence-electron chi connectivity index (χ0n) is 19.0. The van der Waals surface area contributed by atoms with Crippen LogP contribution in [0.3, 0.4) is 0 Å².